The lowest BCUT2D eigenvalue weighted by molar-refractivity contribution is 0.0908. The van der Waals surface area contributed by atoms with Crippen LogP contribution in [-0.4, -0.2) is 55.6 Å². The average molecular weight is 286 g/mol. The van der Waals surface area contributed by atoms with Gasteiger partial charge in [0, 0.05) is 25.2 Å². The van der Waals surface area contributed by atoms with Crippen LogP contribution in [0.3, 0.4) is 0 Å². The Morgan fingerprint density at radius 1 is 0.947 bits per heavy atom. The molecule has 2 saturated heterocycles. The van der Waals surface area contributed by atoms with Gasteiger partial charge in [0.1, 0.15) is 0 Å². The maximum atomic E-state index is 12.0. The molecule has 0 aromatic heterocycles. The van der Waals surface area contributed by atoms with Gasteiger partial charge in [0.25, 0.3) is 0 Å². The summed E-state index contributed by atoms with van der Waals surface area (Å²) in [5, 5.41) is 0. The molecule has 0 bridgehead atoms. The average Bonchev–Trinajstić information content (AvgIpc) is 3.16. The molecule has 3 rings (SSSR count). The van der Waals surface area contributed by atoms with E-state index in [1.165, 1.54) is 51.4 Å². The molecular formula is C14H26N2O2S. The van der Waals surface area contributed by atoms with E-state index in [-0.39, 0.29) is 6.04 Å². The lowest BCUT2D eigenvalue weighted by atomic mass is 9.94. The Morgan fingerprint density at radius 2 is 1.68 bits per heavy atom. The van der Waals surface area contributed by atoms with Crippen LogP contribution in [0.15, 0.2) is 0 Å². The van der Waals surface area contributed by atoms with Gasteiger partial charge in [-0.15, -0.1) is 0 Å². The highest BCUT2D eigenvalue weighted by atomic mass is 32.2. The third-order valence-corrected chi connectivity index (χ3v) is 6.28. The van der Waals surface area contributed by atoms with E-state index in [1.54, 1.807) is 4.31 Å². The first-order valence-electron chi connectivity index (χ1n) is 7.76. The van der Waals surface area contributed by atoms with Gasteiger partial charge in [-0.05, 0) is 51.0 Å². The molecule has 1 aliphatic carbocycles. The van der Waals surface area contributed by atoms with Gasteiger partial charge in [0.15, 0.2) is 0 Å². The minimum absolute atomic E-state index is 0.241. The van der Waals surface area contributed by atoms with Gasteiger partial charge >= 0.3 is 0 Å². The molecule has 0 amide bonds. The summed E-state index contributed by atoms with van der Waals surface area (Å²) >= 11 is 0. The lowest BCUT2D eigenvalue weighted by Gasteiger charge is -2.43. The highest BCUT2D eigenvalue weighted by Gasteiger charge is 2.41. The molecule has 0 radical (unpaired) electrons. The second-order valence-corrected chi connectivity index (χ2v) is 8.52. The zero-order chi connectivity index (χ0) is 13.5. The van der Waals surface area contributed by atoms with Crippen LogP contribution in [0.2, 0.25) is 0 Å². The van der Waals surface area contributed by atoms with Crippen LogP contribution >= 0.6 is 0 Å². The van der Waals surface area contributed by atoms with E-state index in [4.69, 9.17) is 0 Å². The summed E-state index contributed by atoms with van der Waals surface area (Å²) < 4.78 is 25.8. The monoisotopic (exact) mass is 286 g/mol. The Bertz CT molecular complexity index is 419. The Balaban J connectivity index is 1.79. The topological polar surface area (TPSA) is 40.6 Å². The number of nitrogens with zero attached hydrogens (tertiary/aromatic N) is 2. The van der Waals surface area contributed by atoms with Crippen LogP contribution in [0.25, 0.3) is 0 Å². The van der Waals surface area contributed by atoms with Crippen LogP contribution in [0, 0.1) is 5.92 Å². The Hall–Kier alpha value is -0.130. The maximum absolute atomic E-state index is 12.0. The van der Waals surface area contributed by atoms with Crippen LogP contribution in [0.1, 0.15) is 44.9 Å². The van der Waals surface area contributed by atoms with Gasteiger partial charge < -0.3 is 0 Å². The third-order valence-electron chi connectivity index (χ3n) is 4.97. The van der Waals surface area contributed by atoms with Crippen molar-refractivity contribution in [2.75, 3.05) is 25.9 Å². The van der Waals surface area contributed by atoms with E-state index in [2.05, 4.69) is 4.90 Å². The summed E-state index contributed by atoms with van der Waals surface area (Å²) in [6, 6.07) is 0.719. The molecule has 0 N–H and O–H groups in total. The smallest absolute Gasteiger partial charge is 0.211 e. The molecule has 0 spiro atoms. The van der Waals surface area contributed by atoms with Crippen molar-refractivity contribution in [3.63, 3.8) is 0 Å². The number of piperidine rings is 1. The fourth-order valence-corrected chi connectivity index (χ4v) is 5.07. The molecule has 3 aliphatic rings. The van der Waals surface area contributed by atoms with Gasteiger partial charge in [0.05, 0.1) is 6.26 Å². The van der Waals surface area contributed by atoms with Crippen molar-refractivity contribution in [3.05, 3.63) is 0 Å². The summed E-state index contributed by atoms with van der Waals surface area (Å²) in [5.41, 5.74) is 0. The summed E-state index contributed by atoms with van der Waals surface area (Å²) in [4.78, 5) is 2.62. The van der Waals surface area contributed by atoms with E-state index in [0.717, 1.165) is 25.3 Å². The minimum atomic E-state index is -3.04. The van der Waals surface area contributed by atoms with Gasteiger partial charge in [-0.3, -0.25) is 4.90 Å². The number of likely N-dealkylation sites (tertiary alicyclic amines) is 1. The Morgan fingerprint density at radius 3 is 2.37 bits per heavy atom. The fourth-order valence-electron chi connectivity index (χ4n) is 3.87. The summed E-state index contributed by atoms with van der Waals surface area (Å²) in [6.45, 7) is 3.12. The van der Waals surface area contributed by atoms with Gasteiger partial charge in [-0.1, -0.05) is 6.42 Å². The van der Waals surface area contributed by atoms with Crippen molar-refractivity contribution in [1.29, 1.82) is 0 Å². The number of hydrogen-bond donors (Lipinski definition) is 0. The Kier molecular flexibility index (Phi) is 3.89. The van der Waals surface area contributed by atoms with Crippen molar-refractivity contribution < 1.29 is 8.42 Å². The molecule has 2 heterocycles. The summed E-state index contributed by atoms with van der Waals surface area (Å²) in [5.74, 6) is 0.896. The van der Waals surface area contributed by atoms with Gasteiger partial charge in [0.2, 0.25) is 10.0 Å². The summed E-state index contributed by atoms with van der Waals surface area (Å²) in [7, 11) is -3.04. The predicted octanol–water partition coefficient (Wildman–Crippen LogP) is 1.67. The fraction of sp³-hybridized carbons (Fsp3) is 1.00. The quantitative estimate of drug-likeness (QED) is 0.792. The second kappa shape index (κ2) is 5.34. The largest absolute Gasteiger partial charge is 0.299 e. The number of fused-ring (bicyclic) bond motifs is 1. The molecule has 2 aliphatic heterocycles. The molecule has 0 aromatic rings. The second-order valence-electron chi connectivity index (χ2n) is 6.58. The highest BCUT2D eigenvalue weighted by molar-refractivity contribution is 7.88. The van der Waals surface area contributed by atoms with Crippen LogP contribution in [0.5, 0.6) is 0 Å². The number of rotatable bonds is 3. The van der Waals surface area contributed by atoms with E-state index in [9.17, 15) is 8.42 Å². The van der Waals surface area contributed by atoms with Crippen molar-refractivity contribution in [2.24, 2.45) is 5.92 Å². The molecule has 0 unspecified atom stereocenters. The molecule has 19 heavy (non-hydrogen) atoms. The lowest BCUT2D eigenvalue weighted by Crippen LogP contribution is -2.56. The van der Waals surface area contributed by atoms with Gasteiger partial charge in [-0.25, -0.2) is 8.42 Å². The third kappa shape index (κ3) is 3.14. The molecule has 110 valence electrons. The Labute approximate surface area is 117 Å². The molecule has 2 atom stereocenters. The van der Waals surface area contributed by atoms with Crippen LogP contribution < -0.4 is 0 Å². The highest BCUT2D eigenvalue weighted by Crippen LogP contribution is 2.35. The van der Waals surface area contributed by atoms with E-state index in [1.807, 2.05) is 0 Å². The number of hydrogen-bond acceptors (Lipinski definition) is 3. The van der Waals surface area contributed by atoms with Crippen molar-refractivity contribution >= 4 is 10.0 Å². The number of sulfonamides is 1. The predicted molar refractivity (Wildman–Crippen MR) is 76.5 cm³/mol. The summed E-state index contributed by atoms with van der Waals surface area (Å²) in [6.07, 6.45) is 9.81. The molecule has 4 nitrogen and oxygen atoms in total. The maximum Gasteiger partial charge on any atom is 0.211 e. The van der Waals surface area contributed by atoms with E-state index < -0.39 is 10.0 Å². The molecule has 1 saturated carbocycles. The zero-order valence-corrected chi connectivity index (χ0v) is 12.7. The first-order valence-corrected chi connectivity index (χ1v) is 9.61. The first kappa shape index (κ1) is 13.8. The zero-order valence-electron chi connectivity index (χ0n) is 11.9. The van der Waals surface area contributed by atoms with E-state index >= 15 is 0 Å². The SMILES string of the molecule is CS(=O)(=O)N1CCC[C@@H]2[C@H]1CCCCN2CC1CC1. The molecule has 3 fully saturated rings. The van der Waals surface area contributed by atoms with Crippen LogP contribution in [-0.2, 0) is 10.0 Å². The van der Waals surface area contributed by atoms with Crippen molar-refractivity contribution in [1.82, 2.24) is 9.21 Å². The van der Waals surface area contributed by atoms with Gasteiger partial charge in [-0.2, -0.15) is 4.31 Å². The molecule has 5 heteroatoms. The van der Waals surface area contributed by atoms with Crippen molar-refractivity contribution in [3.8, 4) is 0 Å². The minimum Gasteiger partial charge on any atom is -0.299 e. The molecular weight excluding hydrogens is 260 g/mol. The van der Waals surface area contributed by atoms with E-state index in [0.29, 0.717) is 6.04 Å². The first-order chi connectivity index (χ1) is 9.05. The normalized spacial score (nSPS) is 34.8. The van der Waals surface area contributed by atoms with Crippen molar-refractivity contribution in [2.45, 2.75) is 57.0 Å². The van der Waals surface area contributed by atoms with Crippen LogP contribution in [0.4, 0.5) is 0 Å². The standard InChI is InChI=1S/C14H26N2O2S/c1-19(17,18)16-10-4-6-13-14(16)5-2-3-9-15(13)11-12-7-8-12/h12-14H,2-11H2,1H3/t13-,14-/m1/s1. The molecule has 0 aromatic carbocycles.